The van der Waals surface area contributed by atoms with Crippen molar-refractivity contribution in [3.63, 3.8) is 0 Å². The summed E-state index contributed by atoms with van der Waals surface area (Å²) in [6.07, 6.45) is 3.48. The van der Waals surface area contributed by atoms with E-state index >= 15 is 0 Å². The number of carbonyl (C=O) groups is 2. The second-order valence-electron chi connectivity index (χ2n) is 21.3. The van der Waals surface area contributed by atoms with E-state index in [1.807, 2.05) is 88.7 Å². The van der Waals surface area contributed by atoms with Gasteiger partial charge in [0.1, 0.15) is 58.4 Å². The number of aromatic amines is 2. The SMILES string of the molecule is CC(C)(C)OC(=O)NCCCCn1nc(-c2cc3cc(OC(CCCNC(=O)OC(C)(C)C)n4nc(-c5cc6cc(O[Si](C)(C)C(C)(C)C)ccc6[nH]5)c5c(N)ncnc54)ccc3[nH]2)c2c(N)ncnc21. The van der Waals surface area contributed by atoms with E-state index in [1.165, 1.54) is 12.7 Å². The summed E-state index contributed by atoms with van der Waals surface area (Å²) in [7, 11) is -2.09. The lowest BCUT2D eigenvalue weighted by atomic mass is 10.2. The van der Waals surface area contributed by atoms with E-state index in [4.69, 9.17) is 45.3 Å². The smallest absolute Gasteiger partial charge is 0.407 e. The molecule has 20 nitrogen and oxygen atoms in total. The number of nitrogens with zero attached hydrogens (tertiary/aromatic N) is 8. The molecule has 0 bridgehead atoms. The molecule has 1 atom stereocenters. The number of H-pyrrole nitrogens is 2. The van der Waals surface area contributed by atoms with Crippen molar-refractivity contribution in [2.24, 2.45) is 0 Å². The number of aryl methyl sites for hydroxylation is 1. The molecule has 21 heteroatoms. The van der Waals surface area contributed by atoms with Crippen LogP contribution >= 0.6 is 0 Å². The Morgan fingerprint density at radius 1 is 0.676 bits per heavy atom. The number of rotatable bonds is 16. The van der Waals surface area contributed by atoms with Crippen LogP contribution in [0.1, 0.15) is 94.2 Å². The van der Waals surface area contributed by atoms with E-state index in [1.54, 1.807) is 4.68 Å². The minimum Gasteiger partial charge on any atom is -0.543 e. The first kappa shape index (κ1) is 50.0. The van der Waals surface area contributed by atoms with Crippen molar-refractivity contribution in [1.82, 2.24) is 60.1 Å². The maximum absolute atomic E-state index is 12.6. The van der Waals surface area contributed by atoms with Crippen LogP contribution in [0.15, 0.2) is 61.2 Å². The van der Waals surface area contributed by atoms with Gasteiger partial charge in [-0.25, -0.2) is 38.9 Å². The van der Waals surface area contributed by atoms with Crippen molar-refractivity contribution in [2.45, 2.75) is 130 Å². The number of alkyl carbamates (subject to hydrolysis) is 2. The van der Waals surface area contributed by atoms with Gasteiger partial charge in [-0.05, 0) is 127 Å². The Balaban J connectivity index is 1.09. The average molecular weight is 987 g/mol. The van der Waals surface area contributed by atoms with Crippen LogP contribution in [0, 0.1) is 0 Å². The van der Waals surface area contributed by atoms with Gasteiger partial charge in [0, 0.05) is 47.9 Å². The summed E-state index contributed by atoms with van der Waals surface area (Å²) in [5, 5.41) is 18.8. The quantitative estimate of drug-likeness (QED) is 0.0389. The van der Waals surface area contributed by atoms with Gasteiger partial charge in [0.25, 0.3) is 0 Å². The van der Waals surface area contributed by atoms with Gasteiger partial charge >= 0.3 is 12.2 Å². The van der Waals surface area contributed by atoms with Crippen LogP contribution in [0.3, 0.4) is 0 Å². The molecule has 0 aliphatic heterocycles. The number of unbranched alkanes of at least 4 members (excludes halogenated alkanes) is 1. The van der Waals surface area contributed by atoms with E-state index in [9.17, 15) is 9.59 Å². The van der Waals surface area contributed by atoms with Crippen LogP contribution in [0.2, 0.25) is 18.1 Å². The summed E-state index contributed by atoms with van der Waals surface area (Å²) >= 11 is 0. The molecule has 2 amide bonds. The third-order valence-electron chi connectivity index (χ3n) is 12.3. The van der Waals surface area contributed by atoms with Gasteiger partial charge in [0.15, 0.2) is 17.5 Å². The Hall–Kier alpha value is -7.42. The second-order valence-corrected chi connectivity index (χ2v) is 26.0. The van der Waals surface area contributed by atoms with Crippen LogP contribution in [0.5, 0.6) is 11.5 Å². The summed E-state index contributed by atoms with van der Waals surface area (Å²) in [5.41, 5.74) is 17.3. The monoisotopic (exact) mass is 987 g/mol. The Morgan fingerprint density at radius 3 is 1.77 bits per heavy atom. The molecule has 0 spiro atoms. The predicted octanol–water partition coefficient (Wildman–Crippen LogP) is 10.00. The fraction of sp³-hybridized carbons (Fsp3) is 0.440. The first-order valence-corrected chi connectivity index (χ1v) is 26.9. The fourth-order valence-electron chi connectivity index (χ4n) is 7.88. The Bertz CT molecular complexity index is 3230. The standard InChI is InChI=1S/C50H66N14O6Si/c1-48(2,3)68-46(65)53-20-12-13-22-63-44-38(42(51)55-27-57-44)40(61-63)35-25-29-23-31(16-18-33(29)59-35)67-37(15-14-21-54-47(66)69-49(4,5)6)64-45-39(43(52)56-28-58-45)41(62-64)36-26-30-24-32(17-19-34(30)60-36)70-71(10,11)50(7,8)9/h16-19,23-28,37,59-60H,12-15,20-22H2,1-11H3,(H,53,65)(H,54,66)(H2,51,55,57)(H2,52,56,58). The summed E-state index contributed by atoms with van der Waals surface area (Å²) in [6, 6.07) is 15.8. The van der Waals surface area contributed by atoms with Crippen molar-refractivity contribution in [1.29, 1.82) is 0 Å². The molecule has 8 rings (SSSR count). The fourth-order valence-corrected chi connectivity index (χ4v) is 8.90. The summed E-state index contributed by atoms with van der Waals surface area (Å²) < 4.78 is 27.9. The van der Waals surface area contributed by atoms with Crippen LogP contribution in [0.25, 0.3) is 66.6 Å². The number of nitrogens with one attached hydrogen (secondary N) is 4. The molecular formula is C50H66N14O6Si. The number of nitrogen functional groups attached to an aromatic ring is 2. The molecule has 0 fully saturated rings. The average Bonchev–Trinajstić information content (AvgIpc) is 4.06. The normalized spacial score (nSPS) is 13.0. The van der Waals surface area contributed by atoms with Gasteiger partial charge in [0.2, 0.25) is 8.32 Å². The molecule has 0 aliphatic carbocycles. The van der Waals surface area contributed by atoms with E-state index in [2.05, 4.69) is 75.5 Å². The molecule has 0 aliphatic rings. The van der Waals surface area contributed by atoms with E-state index in [-0.39, 0.29) is 10.9 Å². The number of aromatic nitrogens is 10. The number of carbonyl (C=O) groups excluding carboxylic acids is 2. The first-order valence-electron chi connectivity index (χ1n) is 23.9. The molecule has 0 radical (unpaired) electrons. The van der Waals surface area contributed by atoms with Crippen LogP contribution in [0.4, 0.5) is 21.2 Å². The highest BCUT2D eigenvalue weighted by atomic mass is 28.4. The largest absolute Gasteiger partial charge is 0.543 e. The number of benzene rings is 2. The molecule has 6 heterocycles. The van der Waals surface area contributed by atoms with Crippen LogP contribution in [-0.4, -0.2) is 94.3 Å². The minimum absolute atomic E-state index is 0.0353. The summed E-state index contributed by atoms with van der Waals surface area (Å²) in [6.45, 7) is 23.4. The molecule has 376 valence electrons. The van der Waals surface area contributed by atoms with Gasteiger partial charge < -0.3 is 50.7 Å². The molecule has 2 aromatic carbocycles. The topological polar surface area (TPSA) is 266 Å². The highest BCUT2D eigenvalue weighted by molar-refractivity contribution is 6.74. The van der Waals surface area contributed by atoms with Crippen molar-refractivity contribution in [3.05, 3.63) is 61.2 Å². The van der Waals surface area contributed by atoms with Gasteiger partial charge in [-0.1, -0.05) is 20.8 Å². The lowest BCUT2D eigenvalue weighted by molar-refractivity contribution is 0.0512. The lowest BCUT2D eigenvalue weighted by Gasteiger charge is -2.36. The van der Waals surface area contributed by atoms with Gasteiger partial charge in [-0.15, -0.1) is 0 Å². The number of nitrogens with two attached hydrogens (primary N) is 2. The third-order valence-corrected chi connectivity index (χ3v) is 16.6. The summed E-state index contributed by atoms with van der Waals surface area (Å²) in [4.78, 5) is 49.7. The van der Waals surface area contributed by atoms with E-state index in [0.717, 1.165) is 33.2 Å². The molecule has 71 heavy (non-hydrogen) atoms. The maximum atomic E-state index is 12.6. The highest BCUT2D eigenvalue weighted by Gasteiger charge is 2.39. The number of hydrogen-bond donors (Lipinski definition) is 6. The maximum Gasteiger partial charge on any atom is 0.407 e. The Labute approximate surface area is 413 Å². The highest BCUT2D eigenvalue weighted by Crippen LogP contribution is 2.40. The number of hydrogen-bond acceptors (Lipinski definition) is 14. The molecule has 1 unspecified atom stereocenters. The van der Waals surface area contributed by atoms with Crippen molar-refractivity contribution >= 4 is 76.0 Å². The number of ether oxygens (including phenoxy) is 3. The molecular weight excluding hydrogens is 921 g/mol. The minimum atomic E-state index is -2.09. The first-order chi connectivity index (χ1) is 33.4. The van der Waals surface area contributed by atoms with E-state index < -0.39 is 37.9 Å². The van der Waals surface area contributed by atoms with Gasteiger partial charge in [-0.3, -0.25) is 0 Å². The zero-order valence-corrected chi connectivity index (χ0v) is 43.5. The van der Waals surface area contributed by atoms with Crippen molar-refractivity contribution in [3.8, 4) is 34.3 Å². The zero-order valence-electron chi connectivity index (χ0n) is 42.5. The molecule has 8 N–H and O–H groups in total. The number of amides is 2. The Kier molecular flexibility index (Phi) is 13.7. The second kappa shape index (κ2) is 19.4. The van der Waals surface area contributed by atoms with Gasteiger partial charge in [-0.2, -0.15) is 10.2 Å². The molecule has 6 aromatic heterocycles. The number of fused-ring (bicyclic) bond motifs is 4. The summed E-state index contributed by atoms with van der Waals surface area (Å²) in [5.74, 6) is 1.93. The van der Waals surface area contributed by atoms with Crippen LogP contribution < -0.4 is 31.3 Å². The zero-order chi connectivity index (χ0) is 51.0. The Morgan fingerprint density at radius 2 is 1.20 bits per heavy atom. The van der Waals surface area contributed by atoms with Crippen molar-refractivity contribution < 1.29 is 28.2 Å². The molecule has 0 saturated heterocycles. The van der Waals surface area contributed by atoms with Crippen molar-refractivity contribution in [2.75, 3.05) is 24.6 Å². The van der Waals surface area contributed by atoms with Crippen LogP contribution in [-0.2, 0) is 16.0 Å². The number of anilines is 2. The predicted molar refractivity (Wildman–Crippen MR) is 278 cm³/mol. The lowest BCUT2D eigenvalue weighted by Crippen LogP contribution is -2.43. The van der Waals surface area contributed by atoms with E-state index in [0.29, 0.717) is 96.0 Å². The third kappa shape index (κ3) is 11.5. The van der Waals surface area contributed by atoms with Gasteiger partial charge in [0.05, 0.1) is 22.2 Å². The molecule has 0 saturated carbocycles. The molecule has 8 aromatic rings.